The van der Waals surface area contributed by atoms with Gasteiger partial charge in [0.2, 0.25) is 0 Å². The number of hydrogen-bond acceptors (Lipinski definition) is 2. The van der Waals surface area contributed by atoms with Gasteiger partial charge in [0.1, 0.15) is 0 Å². The second-order valence-corrected chi connectivity index (χ2v) is 2.84. The fourth-order valence-corrected chi connectivity index (χ4v) is 0.499. The van der Waals surface area contributed by atoms with Crippen molar-refractivity contribution in [3.63, 3.8) is 0 Å². The first-order valence-corrected chi connectivity index (χ1v) is 3.93. The maximum absolute atomic E-state index is 8.64. The van der Waals surface area contributed by atoms with Crippen LogP contribution in [0.3, 0.4) is 0 Å². The second kappa shape index (κ2) is 5.69. The predicted molar refractivity (Wildman–Crippen MR) is 42.0 cm³/mol. The van der Waals surface area contributed by atoms with Gasteiger partial charge in [-0.05, 0) is 13.3 Å². The van der Waals surface area contributed by atoms with E-state index in [1.807, 2.05) is 13.8 Å². The van der Waals surface area contributed by atoms with Gasteiger partial charge in [-0.3, -0.25) is 0 Å². The van der Waals surface area contributed by atoms with E-state index in [1.165, 1.54) is 0 Å². The number of hydrogen-bond donors (Lipinski definition) is 1. The molecule has 0 amide bonds. The van der Waals surface area contributed by atoms with Crippen LogP contribution >= 0.6 is 0 Å². The standard InChI is InChI=1S/C8H18O2/c1-4-8(3)10-6-7(2)5-9/h7-9H,4-6H2,1-3H3. The number of aliphatic hydroxyl groups is 1. The number of ether oxygens (including phenoxy) is 1. The Balaban J connectivity index is 3.17. The van der Waals surface area contributed by atoms with E-state index in [1.54, 1.807) is 0 Å². The third kappa shape index (κ3) is 4.77. The summed E-state index contributed by atoms with van der Waals surface area (Å²) in [6, 6.07) is 0. The van der Waals surface area contributed by atoms with Gasteiger partial charge in [0.25, 0.3) is 0 Å². The topological polar surface area (TPSA) is 29.5 Å². The van der Waals surface area contributed by atoms with Crippen molar-refractivity contribution >= 4 is 0 Å². The third-order valence-corrected chi connectivity index (χ3v) is 1.55. The molecule has 0 aromatic heterocycles. The molecule has 0 aliphatic rings. The molecular weight excluding hydrogens is 128 g/mol. The van der Waals surface area contributed by atoms with Crippen LogP contribution in [-0.4, -0.2) is 24.4 Å². The highest BCUT2D eigenvalue weighted by atomic mass is 16.5. The van der Waals surface area contributed by atoms with Crippen LogP contribution < -0.4 is 0 Å². The van der Waals surface area contributed by atoms with E-state index < -0.39 is 0 Å². The van der Waals surface area contributed by atoms with E-state index in [2.05, 4.69) is 6.92 Å². The van der Waals surface area contributed by atoms with Gasteiger partial charge in [0.05, 0.1) is 12.7 Å². The number of aliphatic hydroxyl groups excluding tert-OH is 1. The van der Waals surface area contributed by atoms with Crippen molar-refractivity contribution in [3.8, 4) is 0 Å². The molecule has 0 saturated heterocycles. The summed E-state index contributed by atoms with van der Waals surface area (Å²) in [6.45, 7) is 7.00. The van der Waals surface area contributed by atoms with Crippen LogP contribution in [0.4, 0.5) is 0 Å². The van der Waals surface area contributed by atoms with Gasteiger partial charge >= 0.3 is 0 Å². The second-order valence-electron chi connectivity index (χ2n) is 2.84. The van der Waals surface area contributed by atoms with Crippen molar-refractivity contribution in [1.29, 1.82) is 0 Å². The molecule has 0 bridgehead atoms. The Morgan fingerprint density at radius 2 is 2.00 bits per heavy atom. The molecule has 0 rings (SSSR count). The normalized spacial score (nSPS) is 16.8. The molecule has 0 radical (unpaired) electrons. The van der Waals surface area contributed by atoms with E-state index in [9.17, 15) is 0 Å². The Morgan fingerprint density at radius 3 is 2.40 bits per heavy atom. The van der Waals surface area contributed by atoms with Crippen molar-refractivity contribution < 1.29 is 9.84 Å². The molecule has 0 aromatic carbocycles. The minimum absolute atomic E-state index is 0.219. The predicted octanol–water partition coefficient (Wildman–Crippen LogP) is 1.43. The minimum Gasteiger partial charge on any atom is -0.396 e. The molecule has 2 unspecified atom stereocenters. The molecule has 10 heavy (non-hydrogen) atoms. The molecule has 0 aliphatic heterocycles. The van der Waals surface area contributed by atoms with Crippen LogP contribution in [0.2, 0.25) is 0 Å². The molecule has 2 atom stereocenters. The zero-order chi connectivity index (χ0) is 7.98. The van der Waals surface area contributed by atoms with E-state index >= 15 is 0 Å². The molecule has 0 fully saturated rings. The Kier molecular flexibility index (Phi) is 5.64. The zero-order valence-electron chi connectivity index (χ0n) is 7.13. The molecule has 1 N–H and O–H groups in total. The van der Waals surface area contributed by atoms with Crippen molar-refractivity contribution in [2.24, 2.45) is 5.92 Å². The van der Waals surface area contributed by atoms with Gasteiger partial charge < -0.3 is 9.84 Å². The van der Waals surface area contributed by atoms with Gasteiger partial charge in [0.15, 0.2) is 0 Å². The summed E-state index contributed by atoms with van der Waals surface area (Å²) in [6.07, 6.45) is 1.37. The summed E-state index contributed by atoms with van der Waals surface area (Å²) in [7, 11) is 0. The molecular formula is C8H18O2. The summed E-state index contributed by atoms with van der Waals surface area (Å²) in [5, 5.41) is 8.64. The first kappa shape index (κ1) is 9.92. The first-order chi connectivity index (χ1) is 4.70. The summed E-state index contributed by atoms with van der Waals surface area (Å²) >= 11 is 0. The minimum atomic E-state index is 0.219. The lowest BCUT2D eigenvalue weighted by Crippen LogP contribution is -2.15. The highest BCUT2D eigenvalue weighted by Crippen LogP contribution is 2.00. The molecule has 0 aliphatic carbocycles. The smallest absolute Gasteiger partial charge is 0.0544 e. The molecule has 0 saturated carbocycles. The lowest BCUT2D eigenvalue weighted by atomic mass is 10.2. The molecule has 62 valence electrons. The Labute approximate surface area is 63.2 Å². The maximum atomic E-state index is 8.64. The van der Waals surface area contributed by atoms with Gasteiger partial charge in [-0.25, -0.2) is 0 Å². The van der Waals surface area contributed by atoms with Gasteiger partial charge in [-0.15, -0.1) is 0 Å². The largest absolute Gasteiger partial charge is 0.396 e. The SMILES string of the molecule is CCC(C)OCC(C)CO. The fourth-order valence-electron chi connectivity index (χ4n) is 0.499. The van der Waals surface area contributed by atoms with Crippen molar-refractivity contribution in [2.45, 2.75) is 33.3 Å². The average molecular weight is 146 g/mol. The molecule has 0 heterocycles. The Morgan fingerprint density at radius 1 is 1.40 bits per heavy atom. The Hall–Kier alpha value is -0.0800. The van der Waals surface area contributed by atoms with E-state index in [-0.39, 0.29) is 12.5 Å². The third-order valence-electron chi connectivity index (χ3n) is 1.55. The summed E-state index contributed by atoms with van der Waals surface area (Å²) in [4.78, 5) is 0. The lowest BCUT2D eigenvalue weighted by molar-refractivity contribution is 0.0280. The van der Waals surface area contributed by atoms with Crippen LogP contribution in [0.5, 0.6) is 0 Å². The molecule has 2 nitrogen and oxygen atoms in total. The van der Waals surface area contributed by atoms with E-state index in [4.69, 9.17) is 9.84 Å². The highest BCUT2D eigenvalue weighted by molar-refractivity contribution is 4.50. The van der Waals surface area contributed by atoms with Gasteiger partial charge in [0, 0.05) is 12.5 Å². The van der Waals surface area contributed by atoms with E-state index in [0.717, 1.165) is 6.42 Å². The monoisotopic (exact) mass is 146 g/mol. The summed E-state index contributed by atoms with van der Waals surface area (Å²) in [5.74, 6) is 0.272. The van der Waals surface area contributed by atoms with Crippen molar-refractivity contribution in [2.75, 3.05) is 13.2 Å². The number of rotatable bonds is 5. The highest BCUT2D eigenvalue weighted by Gasteiger charge is 2.02. The van der Waals surface area contributed by atoms with E-state index in [0.29, 0.717) is 12.7 Å². The molecule has 0 aromatic rings. The fraction of sp³-hybridized carbons (Fsp3) is 1.00. The van der Waals surface area contributed by atoms with Crippen LogP contribution in [0.15, 0.2) is 0 Å². The van der Waals surface area contributed by atoms with Crippen molar-refractivity contribution in [1.82, 2.24) is 0 Å². The molecule has 2 heteroatoms. The van der Waals surface area contributed by atoms with Crippen LogP contribution in [0.1, 0.15) is 27.2 Å². The molecule has 0 spiro atoms. The first-order valence-electron chi connectivity index (χ1n) is 3.93. The van der Waals surface area contributed by atoms with Crippen LogP contribution in [0, 0.1) is 5.92 Å². The summed E-state index contributed by atoms with van der Waals surface area (Å²) in [5.41, 5.74) is 0. The average Bonchev–Trinajstić information content (AvgIpc) is 1.99. The zero-order valence-corrected chi connectivity index (χ0v) is 7.13. The van der Waals surface area contributed by atoms with Gasteiger partial charge in [-0.2, -0.15) is 0 Å². The summed E-state index contributed by atoms with van der Waals surface area (Å²) < 4.78 is 5.38. The maximum Gasteiger partial charge on any atom is 0.0544 e. The Bertz CT molecular complexity index is 63.7. The lowest BCUT2D eigenvalue weighted by Gasteiger charge is -2.13. The van der Waals surface area contributed by atoms with Crippen LogP contribution in [0.25, 0.3) is 0 Å². The van der Waals surface area contributed by atoms with Crippen molar-refractivity contribution in [3.05, 3.63) is 0 Å². The quantitative estimate of drug-likeness (QED) is 0.635. The van der Waals surface area contributed by atoms with Gasteiger partial charge in [-0.1, -0.05) is 13.8 Å². The van der Waals surface area contributed by atoms with Crippen LogP contribution in [-0.2, 0) is 4.74 Å².